The Morgan fingerprint density at radius 2 is 1.09 bits per heavy atom. The first-order valence-corrected chi connectivity index (χ1v) is 18.5. The fraction of sp³-hybridized carbons (Fsp3) is 0.167. The van der Waals surface area contributed by atoms with Crippen LogP contribution in [0.2, 0.25) is 0 Å². The lowest BCUT2D eigenvalue weighted by Gasteiger charge is -2.27. The molecule has 0 aliphatic heterocycles. The average Bonchev–Trinajstić information content (AvgIpc) is 3.25. The number of ether oxygens (including phenoxy) is 4. The number of esters is 2. The SMILES string of the molecule is CCCCOc1ccc(/C=C/c2ccc(COO[C@@H](c3ccccc3)[C@@H](OC(=O)c3ccc(OC(=O)c4ccc(OC)cc4)cc3)c3ccccc3)cc2)cc1. The zero-order valence-electron chi connectivity index (χ0n) is 31.4. The maximum absolute atomic E-state index is 13.7. The summed E-state index contributed by atoms with van der Waals surface area (Å²) in [4.78, 5) is 38.3. The smallest absolute Gasteiger partial charge is 0.343 e. The normalized spacial score (nSPS) is 12.1. The molecule has 6 aromatic carbocycles. The molecule has 0 amide bonds. The standard InChI is InChI=1S/C48H44O8/c1-3-4-33-52-43-27-21-36(22-28-43)16-15-35-17-19-37(20-18-35)34-53-56-46(39-13-9-6-10-14-39)45(38-11-7-5-8-12-38)55-48(50)41-25-31-44(32-26-41)54-47(49)40-23-29-42(51-2)30-24-40/h5-32,45-46H,3-4,33-34H2,1-2H3/b16-15+/t45-,46-/m0/s1. The summed E-state index contributed by atoms with van der Waals surface area (Å²) in [6, 6.07) is 47.8. The second-order valence-corrected chi connectivity index (χ2v) is 12.9. The molecule has 0 N–H and O–H groups in total. The van der Waals surface area contributed by atoms with Crippen LogP contribution in [0.15, 0.2) is 158 Å². The molecule has 8 nitrogen and oxygen atoms in total. The molecule has 0 aromatic heterocycles. The van der Waals surface area contributed by atoms with Gasteiger partial charge in [-0.15, -0.1) is 0 Å². The number of benzene rings is 6. The van der Waals surface area contributed by atoms with Gasteiger partial charge in [0, 0.05) is 0 Å². The summed E-state index contributed by atoms with van der Waals surface area (Å²) in [6.07, 6.45) is 4.58. The van der Waals surface area contributed by atoms with Gasteiger partial charge in [-0.2, -0.15) is 0 Å². The third-order valence-electron chi connectivity index (χ3n) is 8.88. The van der Waals surface area contributed by atoms with Crippen LogP contribution in [0.5, 0.6) is 17.2 Å². The molecule has 0 radical (unpaired) electrons. The van der Waals surface area contributed by atoms with E-state index in [0.29, 0.717) is 11.3 Å². The van der Waals surface area contributed by atoms with Crippen LogP contribution >= 0.6 is 0 Å². The molecule has 8 heteroatoms. The molecule has 0 spiro atoms. The van der Waals surface area contributed by atoms with Crippen LogP contribution in [0, 0.1) is 0 Å². The van der Waals surface area contributed by atoms with E-state index >= 15 is 0 Å². The van der Waals surface area contributed by atoms with Crippen LogP contribution in [0.3, 0.4) is 0 Å². The Morgan fingerprint density at radius 1 is 0.571 bits per heavy atom. The molecule has 0 saturated carbocycles. The first-order chi connectivity index (χ1) is 27.5. The predicted molar refractivity (Wildman–Crippen MR) is 216 cm³/mol. The molecule has 56 heavy (non-hydrogen) atoms. The van der Waals surface area contributed by atoms with Gasteiger partial charge in [-0.25, -0.2) is 19.4 Å². The van der Waals surface area contributed by atoms with Crippen molar-refractivity contribution in [1.82, 2.24) is 0 Å². The third kappa shape index (κ3) is 11.3. The monoisotopic (exact) mass is 748 g/mol. The van der Waals surface area contributed by atoms with E-state index in [0.717, 1.165) is 53.0 Å². The van der Waals surface area contributed by atoms with Crippen molar-refractivity contribution in [2.45, 2.75) is 38.6 Å². The van der Waals surface area contributed by atoms with Gasteiger partial charge in [0.1, 0.15) is 23.9 Å². The Morgan fingerprint density at radius 3 is 1.66 bits per heavy atom. The van der Waals surface area contributed by atoms with Gasteiger partial charge in [0.25, 0.3) is 0 Å². The summed E-state index contributed by atoms with van der Waals surface area (Å²) in [7, 11) is 1.55. The molecule has 0 bridgehead atoms. The number of hydrogen-bond donors (Lipinski definition) is 0. The fourth-order valence-electron chi connectivity index (χ4n) is 5.71. The van der Waals surface area contributed by atoms with Gasteiger partial charge >= 0.3 is 11.9 Å². The molecule has 2 atom stereocenters. The van der Waals surface area contributed by atoms with E-state index in [9.17, 15) is 9.59 Å². The Labute approximate surface area is 327 Å². The fourth-order valence-corrected chi connectivity index (χ4v) is 5.71. The van der Waals surface area contributed by atoms with Gasteiger partial charge < -0.3 is 18.9 Å². The van der Waals surface area contributed by atoms with E-state index in [1.165, 1.54) is 0 Å². The van der Waals surface area contributed by atoms with Crippen LogP contribution in [0.25, 0.3) is 12.2 Å². The van der Waals surface area contributed by atoms with Gasteiger partial charge in [0.05, 0.1) is 24.8 Å². The first-order valence-electron chi connectivity index (χ1n) is 18.5. The van der Waals surface area contributed by atoms with Crippen LogP contribution in [0.4, 0.5) is 0 Å². The maximum Gasteiger partial charge on any atom is 0.343 e. The van der Waals surface area contributed by atoms with Crippen LogP contribution in [-0.4, -0.2) is 25.7 Å². The Bertz CT molecular complexity index is 2130. The number of carbonyl (C=O) groups excluding carboxylic acids is 2. The van der Waals surface area contributed by atoms with Gasteiger partial charge in [-0.1, -0.05) is 123 Å². The molecule has 6 aromatic rings. The number of carbonyl (C=O) groups is 2. The molecule has 0 aliphatic carbocycles. The van der Waals surface area contributed by atoms with E-state index in [1.807, 2.05) is 109 Å². The lowest BCUT2D eigenvalue weighted by atomic mass is 9.98. The minimum atomic E-state index is -0.872. The zero-order chi connectivity index (χ0) is 39.0. The Balaban J connectivity index is 1.10. The molecule has 6 rings (SSSR count). The molecule has 284 valence electrons. The minimum absolute atomic E-state index is 0.166. The second-order valence-electron chi connectivity index (χ2n) is 12.9. The average molecular weight is 749 g/mol. The first kappa shape index (κ1) is 39.2. The zero-order valence-corrected chi connectivity index (χ0v) is 31.4. The van der Waals surface area contributed by atoms with Crippen molar-refractivity contribution in [3.05, 3.63) is 197 Å². The topological polar surface area (TPSA) is 89.5 Å². The van der Waals surface area contributed by atoms with E-state index in [2.05, 4.69) is 19.1 Å². The highest BCUT2D eigenvalue weighted by molar-refractivity contribution is 5.92. The van der Waals surface area contributed by atoms with Gasteiger partial charge in [-0.3, -0.25) is 0 Å². The summed E-state index contributed by atoms with van der Waals surface area (Å²) >= 11 is 0. The number of unbranched alkanes of at least 4 members (excludes halogenated alkanes) is 1. The van der Waals surface area contributed by atoms with E-state index in [4.69, 9.17) is 28.7 Å². The van der Waals surface area contributed by atoms with Crippen molar-refractivity contribution in [2.75, 3.05) is 13.7 Å². The summed E-state index contributed by atoms with van der Waals surface area (Å²) in [5, 5.41) is 0. The third-order valence-corrected chi connectivity index (χ3v) is 8.88. The van der Waals surface area contributed by atoms with Crippen LogP contribution in [0.1, 0.15) is 80.5 Å². The largest absolute Gasteiger partial charge is 0.497 e. The van der Waals surface area contributed by atoms with Crippen LogP contribution in [-0.2, 0) is 21.1 Å². The lowest BCUT2D eigenvalue weighted by Crippen LogP contribution is -2.21. The quantitative estimate of drug-likeness (QED) is 0.0214. The molecule has 0 saturated heterocycles. The number of rotatable bonds is 18. The number of hydrogen-bond acceptors (Lipinski definition) is 8. The van der Waals surface area contributed by atoms with Crippen molar-refractivity contribution in [2.24, 2.45) is 0 Å². The van der Waals surface area contributed by atoms with Crippen LogP contribution < -0.4 is 14.2 Å². The van der Waals surface area contributed by atoms with E-state index in [1.54, 1.807) is 55.6 Å². The van der Waals surface area contributed by atoms with Crippen molar-refractivity contribution in [1.29, 1.82) is 0 Å². The molecular formula is C48H44O8. The van der Waals surface area contributed by atoms with Crippen molar-refractivity contribution >= 4 is 24.1 Å². The summed E-state index contributed by atoms with van der Waals surface area (Å²) in [5.41, 5.74) is 5.14. The molecular weight excluding hydrogens is 705 g/mol. The van der Waals surface area contributed by atoms with E-state index < -0.39 is 24.1 Å². The maximum atomic E-state index is 13.7. The highest BCUT2D eigenvalue weighted by Crippen LogP contribution is 2.36. The summed E-state index contributed by atoms with van der Waals surface area (Å²) in [6.45, 7) is 3.04. The van der Waals surface area contributed by atoms with Gasteiger partial charge in [0.15, 0.2) is 12.2 Å². The summed E-state index contributed by atoms with van der Waals surface area (Å²) in [5.74, 6) is 0.668. The summed E-state index contributed by atoms with van der Waals surface area (Å²) < 4.78 is 22.6. The Kier molecular flexibility index (Phi) is 14.2. The Hall–Kier alpha value is -6.48. The molecule has 0 heterocycles. The van der Waals surface area contributed by atoms with Crippen molar-refractivity contribution in [3.63, 3.8) is 0 Å². The van der Waals surface area contributed by atoms with Gasteiger partial charge in [-0.05, 0) is 94.9 Å². The van der Waals surface area contributed by atoms with Crippen molar-refractivity contribution < 1.29 is 38.3 Å². The predicted octanol–water partition coefficient (Wildman–Crippen LogP) is 11.1. The highest BCUT2D eigenvalue weighted by atomic mass is 17.2. The molecule has 0 unspecified atom stereocenters. The molecule has 0 fully saturated rings. The number of methoxy groups -OCH3 is 1. The second kappa shape index (κ2) is 20.3. The minimum Gasteiger partial charge on any atom is -0.497 e. The highest BCUT2D eigenvalue weighted by Gasteiger charge is 2.31. The molecule has 0 aliphatic rings. The van der Waals surface area contributed by atoms with E-state index in [-0.39, 0.29) is 17.9 Å². The van der Waals surface area contributed by atoms with Gasteiger partial charge in [0.2, 0.25) is 0 Å². The van der Waals surface area contributed by atoms with Crippen molar-refractivity contribution in [3.8, 4) is 17.2 Å². The lowest BCUT2D eigenvalue weighted by molar-refractivity contribution is -0.350.